The third-order valence-corrected chi connectivity index (χ3v) is 2.08. The molecule has 0 radical (unpaired) electrons. The van der Waals surface area contributed by atoms with Crippen molar-refractivity contribution >= 4 is 11.9 Å². The molecule has 0 atom stereocenters. The number of aliphatic carboxylic acids is 1. The lowest BCUT2D eigenvalue weighted by molar-refractivity contribution is -0.135. The zero-order valence-electron chi connectivity index (χ0n) is 8.77. The zero-order chi connectivity index (χ0) is 12.0. The Balaban J connectivity index is 2.77. The van der Waals surface area contributed by atoms with Gasteiger partial charge in [0.25, 0.3) is 5.91 Å². The lowest BCUT2D eigenvalue weighted by atomic mass is 10.0. The second-order valence-corrected chi connectivity index (χ2v) is 3.27. The smallest absolute Gasteiger partial charge is 0.322 e. The highest BCUT2D eigenvalue weighted by Gasteiger charge is 2.10. The summed E-state index contributed by atoms with van der Waals surface area (Å²) in [4.78, 5) is 21.9. The predicted molar refractivity (Wildman–Crippen MR) is 59.2 cm³/mol. The molecular formula is C11H14N2O3. The summed E-state index contributed by atoms with van der Waals surface area (Å²) < 4.78 is 0. The van der Waals surface area contributed by atoms with Crippen LogP contribution in [-0.2, 0) is 11.2 Å². The summed E-state index contributed by atoms with van der Waals surface area (Å²) >= 11 is 0. The van der Waals surface area contributed by atoms with E-state index in [9.17, 15) is 9.59 Å². The standard InChI is InChI=1S/C11H14N2O3/c12-6-5-8-3-1-2-4-9(8)11(16)13-7-10(14)15/h1-4H,5-7,12H2,(H,13,16)(H,14,15). The summed E-state index contributed by atoms with van der Waals surface area (Å²) in [6.45, 7) is 0.0685. The number of rotatable bonds is 5. The van der Waals surface area contributed by atoms with E-state index in [4.69, 9.17) is 10.8 Å². The predicted octanol–water partition coefficient (Wildman–Crippen LogP) is 0.00220. The normalized spacial score (nSPS) is 9.81. The first kappa shape index (κ1) is 12.2. The molecule has 0 bridgehead atoms. The fourth-order valence-corrected chi connectivity index (χ4v) is 1.37. The molecular weight excluding hydrogens is 208 g/mol. The molecule has 5 nitrogen and oxygen atoms in total. The molecule has 0 aliphatic heterocycles. The molecule has 0 aromatic heterocycles. The number of nitrogens with one attached hydrogen (secondary N) is 1. The van der Waals surface area contributed by atoms with Gasteiger partial charge in [-0.2, -0.15) is 0 Å². The van der Waals surface area contributed by atoms with E-state index in [2.05, 4.69) is 5.32 Å². The molecule has 0 fully saturated rings. The van der Waals surface area contributed by atoms with Crippen molar-refractivity contribution in [2.75, 3.05) is 13.1 Å². The quantitative estimate of drug-likeness (QED) is 0.654. The molecule has 0 saturated heterocycles. The van der Waals surface area contributed by atoms with Gasteiger partial charge in [-0.25, -0.2) is 0 Å². The Bertz CT molecular complexity index is 391. The first-order valence-electron chi connectivity index (χ1n) is 4.93. The Morgan fingerprint density at radius 1 is 1.31 bits per heavy atom. The minimum Gasteiger partial charge on any atom is -0.480 e. The largest absolute Gasteiger partial charge is 0.480 e. The molecule has 0 saturated carbocycles. The molecule has 16 heavy (non-hydrogen) atoms. The van der Waals surface area contributed by atoms with Crippen molar-refractivity contribution in [2.24, 2.45) is 5.73 Å². The molecule has 1 aromatic carbocycles. The average molecular weight is 222 g/mol. The van der Waals surface area contributed by atoms with Crippen LogP contribution in [0.4, 0.5) is 0 Å². The van der Waals surface area contributed by atoms with Gasteiger partial charge in [-0.05, 0) is 24.6 Å². The molecule has 1 amide bonds. The van der Waals surface area contributed by atoms with E-state index in [-0.39, 0.29) is 12.5 Å². The molecule has 0 spiro atoms. The topological polar surface area (TPSA) is 92.4 Å². The van der Waals surface area contributed by atoms with Crippen LogP contribution in [0, 0.1) is 0 Å². The lowest BCUT2D eigenvalue weighted by Gasteiger charge is -2.07. The summed E-state index contributed by atoms with van der Waals surface area (Å²) in [5.74, 6) is -1.45. The summed E-state index contributed by atoms with van der Waals surface area (Å²) in [6, 6.07) is 7.01. The van der Waals surface area contributed by atoms with E-state index in [1.165, 1.54) is 0 Å². The van der Waals surface area contributed by atoms with Crippen LogP contribution in [-0.4, -0.2) is 30.1 Å². The Hall–Kier alpha value is -1.88. The fraction of sp³-hybridized carbons (Fsp3) is 0.273. The Morgan fingerprint density at radius 2 is 2.00 bits per heavy atom. The van der Waals surface area contributed by atoms with E-state index in [0.717, 1.165) is 5.56 Å². The van der Waals surface area contributed by atoms with E-state index in [0.29, 0.717) is 18.5 Å². The zero-order valence-corrected chi connectivity index (χ0v) is 8.77. The monoisotopic (exact) mass is 222 g/mol. The van der Waals surface area contributed by atoms with Crippen LogP contribution in [0.1, 0.15) is 15.9 Å². The number of hydrogen-bond acceptors (Lipinski definition) is 3. The van der Waals surface area contributed by atoms with Crippen LogP contribution >= 0.6 is 0 Å². The van der Waals surface area contributed by atoms with Crippen LogP contribution in [0.3, 0.4) is 0 Å². The SMILES string of the molecule is NCCc1ccccc1C(=O)NCC(=O)O. The van der Waals surface area contributed by atoms with Crippen LogP contribution in [0.15, 0.2) is 24.3 Å². The van der Waals surface area contributed by atoms with Crippen LogP contribution in [0.25, 0.3) is 0 Å². The maximum Gasteiger partial charge on any atom is 0.322 e. The van der Waals surface area contributed by atoms with E-state index in [1.807, 2.05) is 12.1 Å². The van der Waals surface area contributed by atoms with Gasteiger partial charge < -0.3 is 16.2 Å². The van der Waals surface area contributed by atoms with Crippen molar-refractivity contribution in [3.8, 4) is 0 Å². The summed E-state index contributed by atoms with van der Waals surface area (Å²) in [7, 11) is 0. The van der Waals surface area contributed by atoms with Gasteiger partial charge >= 0.3 is 5.97 Å². The number of nitrogens with two attached hydrogens (primary N) is 1. The second-order valence-electron chi connectivity index (χ2n) is 3.27. The lowest BCUT2D eigenvalue weighted by Crippen LogP contribution is -2.30. The van der Waals surface area contributed by atoms with Crippen molar-refractivity contribution in [1.29, 1.82) is 0 Å². The number of amides is 1. The minimum absolute atomic E-state index is 0.379. The third-order valence-electron chi connectivity index (χ3n) is 2.08. The van der Waals surface area contributed by atoms with Crippen LogP contribution < -0.4 is 11.1 Å². The highest BCUT2D eigenvalue weighted by atomic mass is 16.4. The number of carbonyl (C=O) groups excluding carboxylic acids is 1. The van der Waals surface area contributed by atoms with Crippen LogP contribution in [0.5, 0.6) is 0 Å². The number of hydrogen-bond donors (Lipinski definition) is 3. The molecule has 5 heteroatoms. The van der Waals surface area contributed by atoms with E-state index >= 15 is 0 Å². The molecule has 0 unspecified atom stereocenters. The van der Waals surface area contributed by atoms with Crippen LogP contribution in [0.2, 0.25) is 0 Å². The molecule has 1 rings (SSSR count). The average Bonchev–Trinajstić information content (AvgIpc) is 2.27. The van der Waals surface area contributed by atoms with E-state index < -0.39 is 5.97 Å². The second kappa shape index (κ2) is 5.87. The Labute approximate surface area is 93.3 Å². The van der Waals surface area contributed by atoms with Gasteiger partial charge in [0.2, 0.25) is 0 Å². The Kier molecular flexibility index (Phi) is 4.47. The molecule has 4 N–H and O–H groups in total. The highest BCUT2D eigenvalue weighted by Crippen LogP contribution is 2.08. The van der Waals surface area contributed by atoms with Gasteiger partial charge in [0.15, 0.2) is 0 Å². The maximum atomic E-state index is 11.6. The number of carboxylic acids is 1. The van der Waals surface area contributed by atoms with Gasteiger partial charge in [0, 0.05) is 5.56 Å². The summed E-state index contributed by atoms with van der Waals surface area (Å²) in [6.07, 6.45) is 0.594. The van der Waals surface area contributed by atoms with Gasteiger partial charge in [0.1, 0.15) is 6.54 Å². The molecule has 1 aromatic rings. The van der Waals surface area contributed by atoms with Gasteiger partial charge in [0.05, 0.1) is 0 Å². The highest BCUT2D eigenvalue weighted by molar-refractivity contribution is 5.97. The van der Waals surface area contributed by atoms with Gasteiger partial charge in [-0.15, -0.1) is 0 Å². The van der Waals surface area contributed by atoms with Crippen molar-refractivity contribution in [3.05, 3.63) is 35.4 Å². The van der Waals surface area contributed by atoms with Crippen molar-refractivity contribution < 1.29 is 14.7 Å². The van der Waals surface area contributed by atoms with Crippen molar-refractivity contribution in [2.45, 2.75) is 6.42 Å². The summed E-state index contributed by atoms with van der Waals surface area (Å²) in [5, 5.41) is 10.8. The maximum absolute atomic E-state index is 11.6. The molecule has 0 aliphatic rings. The first-order chi connectivity index (χ1) is 7.65. The molecule has 0 heterocycles. The number of benzene rings is 1. The van der Waals surface area contributed by atoms with Gasteiger partial charge in [-0.3, -0.25) is 9.59 Å². The van der Waals surface area contributed by atoms with Crippen molar-refractivity contribution in [1.82, 2.24) is 5.32 Å². The Morgan fingerprint density at radius 3 is 2.62 bits per heavy atom. The number of carboxylic acid groups (broad SMARTS) is 1. The fourth-order valence-electron chi connectivity index (χ4n) is 1.37. The first-order valence-corrected chi connectivity index (χ1v) is 4.93. The third kappa shape index (κ3) is 3.36. The van der Waals surface area contributed by atoms with Crippen molar-refractivity contribution in [3.63, 3.8) is 0 Å². The number of carbonyl (C=O) groups is 2. The molecule has 0 aliphatic carbocycles. The minimum atomic E-state index is -1.07. The molecule has 86 valence electrons. The van der Waals surface area contributed by atoms with E-state index in [1.54, 1.807) is 12.1 Å². The summed E-state index contributed by atoms with van der Waals surface area (Å²) in [5.41, 5.74) is 6.73. The van der Waals surface area contributed by atoms with Gasteiger partial charge in [-0.1, -0.05) is 18.2 Å².